The van der Waals surface area contributed by atoms with Crippen molar-refractivity contribution in [3.8, 4) is 0 Å². The fourth-order valence-electron chi connectivity index (χ4n) is 9.58. The number of ether oxygens (including phenoxy) is 3. The number of hydrogen-bond donors (Lipinski definition) is 0. The standard InChI is InChI=1S/C73H126O6/c1-4-7-10-13-16-19-22-25-28-30-31-32-33-34-35-36-37-38-39-40-41-42-43-44-46-48-51-54-57-60-63-66-72(75)78-69-70(68-77-71(74)65-62-59-56-53-50-47-27-24-21-18-15-12-9-6-3)79-73(76)67-64-61-58-55-52-49-45-29-26-23-20-17-14-11-8-5-2/h7,10,16,19,25,28,31-32,34-35,37-38,40-41,43-44,70H,4-6,8-9,11-15,17-18,20-24,26-27,29-30,33,36,39,42,45-69H2,1-3H3/b10-7-,19-16-,28-25-,32-31-,35-34-,38-37-,41-40-,44-43-. The van der Waals surface area contributed by atoms with Crippen molar-refractivity contribution in [2.75, 3.05) is 13.2 Å². The van der Waals surface area contributed by atoms with Gasteiger partial charge in [0.05, 0.1) is 0 Å². The van der Waals surface area contributed by atoms with Crippen LogP contribution in [0.4, 0.5) is 0 Å². The zero-order valence-electron chi connectivity index (χ0n) is 52.1. The van der Waals surface area contributed by atoms with Crippen molar-refractivity contribution in [2.45, 2.75) is 335 Å². The minimum Gasteiger partial charge on any atom is -0.462 e. The van der Waals surface area contributed by atoms with Crippen molar-refractivity contribution in [3.05, 3.63) is 97.2 Å². The van der Waals surface area contributed by atoms with Gasteiger partial charge in [-0.25, -0.2) is 0 Å². The predicted molar refractivity (Wildman–Crippen MR) is 344 cm³/mol. The fourth-order valence-corrected chi connectivity index (χ4v) is 9.58. The molecule has 454 valence electrons. The normalized spacial score (nSPS) is 12.7. The molecule has 0 saturated heterocycles. The van der Waals surface area contributed by atoms with E-state index in [0.717, 1.165) is 122 Å². The third-order valence-corrected chi connectivity index (χ3v) is 14.6. The minimum atomic E-state index is -0.781. The Balaban J connectivity index is 4.31. The fraction of sp³-hybridized carbons (Fsp3) is 0.740. The van der Waals surface area contributed by atoms with Gasteiger partial charge in [0.2, 0.25) is 0 Å². The summed E-state index contributed by atoms with van der Waals surface area (Å²) in [5, 5.41) is 0. The average molecular weight is 1100 g/mol. The lowest BCUT2D eigenvalue weighted by Crippen LogP contribution is -2.30. The highest BCUT2D eigenvalue weighted by Crippen LogP contribution is 2.17. The maximum Gasteiger partial charge on any atom is 0.306 e. The highest BCUT2D eigenvalue weighted by Gasteiger charge is 2.19. The van der Waals surface area contributed by atoms with E-state index in [2.05, 4.69) is 118 Å². The SMILES string of the molecule is CC/C=C\C/C=C\C/C=C\C/C=C\C/C=C\C/C=C\C/C=C\C/C=C\CCCCCCCCC(=O)OCC(COC(=O)CCCCCCCCCCCCCCCC)OC(=O)CCCCCCCCCCCCCCCCCC. The Hall–Kier alpha value is -3.67. The van der Waals surface area contributed by atoms with Crippen molar-refractivity contribution < 1.29 is 28.6 Å². The molecule has 0 radical (unpaired) electrons. The summed E-state index contributed by atoms with van der Waals surface area (Å²) in [5.74, 6) is -0.876. The van der Waals surface area contributed by atoms with Crippen LogP contribution < -0.4 is 0 Å². The van der Waals surface area contributed by atoms with Crippen molar-refractivity contribution in [2.24, 2.45) is 0 Å². The van der Waals surface area contributed by atoms with Crippen molar-refractivity contribution in [1.29, 1.82) is 0 Å². The summed E-state index contributed by atoms with van der Waals surface area (Å²) in [6, 6.07) is 0. The van der Waals surface area contributed by atoms with Crippen LogP contribution in [0, 0.1) is 0 Å². The molecule has 0 aliphatic heterocycles. The van der Waals surface area contributed by atoms with Crippen LogP contribution >= 0.6 is 0 Å². The molecule has 0 aliphatic carbocycles. The molecule has 0 N–H and O–H groups in total. The van der Waals surface area contributed by atoms with E-state index in [0.29, 0.717) is 19.3 Å². The zero-order valence-corrected chi connectivity index (χ0v) is 52.1. The molecule has 0 bridgehead atoms. The van der Waals surface area contributed by atoms with Crippen LogP contribution in [0.15, 0.2) is 97.2 Å². The first-order valence-electron chi connectivity index (χ1n) is 33.7. The summed E-state index contributed by atoms with van der Waals surface area (Å²) in [5.41, 5.74) is 0. The van der Waals surface area contributed by atoms with Gasteiger partial charge < -0.3 is 14.2 Å². The Bertz CT molecular complexity index is 1540. The molecule has 0 saturated carbocycles. The Morgan fingerprint density at radius 2 is 0.494 bits per heavy atom. The molecule has 1 atom stereocenters. The lowest BCUT2D eigenvalue weighted by Gasteiger charge is -2.18. The molecule has 0 aliphatic rings. The smallest absolute Gasteiger partial charge is 0.306 e. The topological polar surface area (TPSA) is 78.9 Å². The van der Waals surface area contributed by atoms with Gasteiger partial charge in [-0.15, -0.1) is 0 Å². The molecule has 0 aromatic carbocycles. The number of carbonyl (C=O) groups is 3. The van der Waals surface area contributed by atoms with Gasteiger partial charge in [0.25, 0.3) is 0 Å². The molecule has 6 heteroatoms. The van der Waals surface area contributed by atoms with E-state index < -0.39 is 6.10 Å². The molecule has 0 rings (SSSR count). The third-order valence-electron chi connectivity index (χ3n) is 14.6. The number of allylic oxidation sites excluding steroid dienone is 16. The third kappa shape index (κ3) is 65.0. The second kappa shape index (κ2) is 66.8. The molecule has 1 unspecified atom stereocenters. The molecule has 0 spiro atoms. The Morgan fingerprint density at radius 1 is 0.266 bits per heavy atom. The van der Waals surface area contributed by atoms with E-state index in [1.807, 2.05) is 0 Å². The average Bonchev–Trinajstić information content (AvgIpc) is 3.45. The van der Waals surface area contributed by atoms with Gasteiger partial charge in [-0.05, 0) is 83.5 Å². The molecule has 0 amide bonds. The summed E-state index contributed by atoms with van der Waals surface area (Å²) in [7, 11) is 0. The summed E-state index contributed by atoms with van der Waals surface area (Å²) in [6.07, 6.45) is 89.9. The van der Waals surface area contributed by atoms with Gasteiger partial charge in [0.1, 0.15) is 13.2 Å². The zero-order chi connectivity index (χ0) is 57.1. The molecule has 0 aromatic heterocycles. The number of esters is 3. The van der Waals surface area contributed by atoms with Crippen molar-refractivity contribution in [1.82, 2.24) is 0 Å². The highest BCUT2D eigenvalue weighted by molar-refractivity contribution is 5.71. The van der Waals surface area contributed by atoms with Gasteiger partial charge in [0, 0.05) is 19.3 Å². The van der Waals surface area contributed by atoms with Crippen molar-refractivity contribution in [3.63, 3.8) is 0 Å². The van der Waals surface area contributed by atoms with Crippen LogP contribution in [0.1, 0.15) is 329 Å². The van der Waals surface area contributed by atoms with Gasteiger partial charge in [-0.1, -0.05) is 323 Å². The van der Waals surface area contributed by atoms with Gasteiger partial charge >= 0.3 is 17.9 Å². The van der Waals surface area contributed by atoms with Crippen LogP contribution in [-0.4, -0.2) is 37.2 Å². The predicted octanol–water partition coefficient (Wildman–Crippen LogP) is 23.2. The monoisotopic (exact) mass is 1100 g/mol. The number of carbonyl (C=O) groups excluding carboxylic acids is 3. The largest absolute Gasteiger partial charge is 0.462 e. The van der Waals surface area contributed by atoms with Gasteiger partial charge in [-0.3, -0.25) is 14.4 Å². The Morgan fingerprint density at radius 3 is 0.772 bits per heavy atom. The molecular formula is C73H126O6. The Kier molecular flexibility index (Phi) is 63.7. The maximum absolute atomic E-state index is 12.9. The second-order valence-electron chi connectivity index (χ2n) is 22.4. The summed E-state index contributed by atoms with van der Waals surface area (Å²) < 4.78 is 16.9. The van der Waals surface area contributed by atoms with E-state index in [4.69, 9.17) is 14.2 Å². The van der Waals surface area contributed by atoms with E-state index in [-0.39, 0.29) is 31.1 Å². The maximum atomic E-state index is 12.9. The summed E-state index contributed by atoms with van der Waals surface area (Å²) in [6.45, 7) is 6.56. The van der Waals surface area contributed by atoms with Crippen LogP contribution in [-0.2, 0) is 28.6 Å². The van der Waals surface area contributed by atoms with Crippen LogP contribution in [0.5, 0.6) is 0 Å². The molecule has 0 aromatic rings. The summed E-state index contributed by atoms with van der Waals surface area (Å²) in [4.78, 5) is 38.3. The molecule has 6 nitrogen and oxygen atoms in total. The van der Waals surface area contributed by atoms with Crippen LogP contribution in [0.2, 0.25) is 0 Å². The van der Waals surface area contributed by atoms with Gasteiger partial charge in [0.15, 0.2) is 6.10 Å². The lowest BCUT2D eigenvalue weighted by molar-refractivity contribution is -0.167. The minimum absolute atomic E-state index is 0.0770. The molecular weight excluding hydrogens is 973 g/mol. The second-order valence-corrected chi connectivity index (χ2v) is 22.4. The first kappa shape index (κ1) is 75.3. The Labute approximate surface area is 489 Å². The first-order chi connectivity index (χ1) is 39.0. The number of hydrogen-bond acceptors (Lipinski definition) is 6. The number of unbranched alkanes of at least 4 members (excludes halogenated alkanes) is 34. The highest BCUT2D eigenvalue weighted by atomic mass is 16.6. The molecule has 79 heavy (non-hydrogen) atoms. The van der Waals surface area contributed by atoms with E-state index in [9.17, 15) is 14.4 Å². The molecule has 0 heterocycles. The quantitative estimate of drug-likeness (QED) is 0.0261. The molecule has 0 fully saturated rings. The van der Waals surface area contributed by atoms with E-state index in [1.54, 1.807) is 0 Å². The van der Waals surface area contributed by atoms with Crippen LogP contribution in [0.25, 0.3) is 0 Å². The van der Waals surface area contributed by atoms with Crippen LogP contribution in [0.3, 0.4) is 0 Å². The van der Waals surface area contributed by atoms with E-state index in [1.165, 1.54) is 167 Å². The van der Waals surface area contributed by atoms with Crippen molar-refractivity contribution >= 4 is 17.9 Å². The van der Waals surface area contributed by atoms with Gasteiger partial charge in [-0.2, -0.15) is 0 Å². The lowest BCUT2D eigenvalue weighted by atomic mass is 10.0. The first-order valence-corrected chi connectivity index (χ1v) is 33.7. The van der Waals surface area contributed by atoms with E-state index >= 15 is 0 Å². The number of rotatable bonds is 61. The summed E-state index contributed by atoms with van der Waals surface area (Å²) >= 11 is 0.